The molecule has 3 heterocycles. The number of aryl methyl sites for hydroxylation is 1. The van der Waals surface area contributed by atoms with Gasteiger partial charge in [-0.2, -0.15) is 5.10 Å². The van der Waals surface area contributed by atoms with E-state index in [4.69, 9.17) is 5.73 Å². The highest BCUT2D eigenvalue weighted by atomic mass is 19.1. The lowest BCUT2D eigenvalue weighted by Gasteiger charge is -2.31. The van der Waals surface area contributed by atoms with Gasteiger partial charge >= 0.3 is 0 Å². The van der Waals surface area contributed by atoms with Crippen molar-refractivity contribution in [2.24, 2.45) is 5.73 Å². The number of amides is 1. The first-order valence-electron chi connectivity index (χ1n) is 10.4. The van der Waals surface area contributed by atoms with Crippen molar-refractivity contribution < 1.29 is 14.3 Å². The number of hydrogen-bond acceptors (Lipinski definition) is 6. The van der Waals surface area contributed by atoms with Gasteiger partial charge in [0.25, 0.3) is 5.91 Å². The van der Waals surface area contributed by atoms with Gasteiger partial charge in [-0.3, -0.25) is 9.78 Å². The minimum absolute atomic E-state index is 0.100. The molecule has 164 valence electrons. The second-order valence-corrected chi connectivity index (χ2v) is 8.79. The number of primary amides is 1. The quantitative estimate of drug-likeness (QED) is 0.535. The highest BCUT2D eigenvalue weighted by Crippen LogP contribution is 2.35. The number of fused-ring (bicyclic) bond motifs is 1. The van der Waals surface area contributed by atoms with Gasteiger partial charge in [0.05, 0.1) is 29.2 Å². The van der Waals surface area contributed by atoms with Crippen LogP contribution in [-0.2, 0) is 6.42 Å². The fourth-order valence-electron chi connectivity index (χ4n) is 3.63. The molecule has 31 heavy (non-hydrogen) atoms. The molecule has 1 saturated carbocycles. The number of nitrogens with one attached hydrogen (secondary N) is 1. The molecule has 1 unspecified atom stereocenters. The van der Waals surface area contributed by atoms with Gasteiger partial charge in [-0.05, 0) is 57.2 Å². The van der Waals surface area contributed by atoms with Crippen LogP contribution in [0.1, 0.15) is 54.6 Å². The van der Waals surface area contributed by atoms with E-state index in [0.29, 0.717) is 28.3 Å². The molecule has 1 fully saturated rings. The lowest BCUT2D eigenvalue weighted by molar-refractivity contribution is -0.00256. The molecule has 4 rings (SSSR count). The molecule has 0 spiro atoms. The van der Waals surface area contributed by atoms with E-state index >= 15 is 0 Å². The molecular formula is C22H27FN6O2. The molecule has 1 aliphatic rings. The molecule has 1 atom stereocenters. The average Bonchev–Trinajstić information content (AvgIpc) is 3.06. The van der Waals surface area contributed by atoms with Crippen LogP contribution in [0, 0.1) is 6.92 Å². The average molecular weight is 426 g/mol. The van der Waals surface area contributed by atoms with Gasteiger partial charge in [0.2, 0.25) is 0 Å². The Balaban J connectivity index is 1.87. The number of alkyl halides is 1. The monoisotopic (exact) mass is 426 g/mol. The van der Waals surface area contributed by atoms with E-state index in [-0.39, 0.29) is 18.0 Å². The summed E-state index contributed by atoms with van der Waals surface area (Å²) in [6.07, 6.45) is 6.18. The highest BCUT2D eigenvalue weighted by Gasteiger charge is 2.31. The predicted molar refractivity (Wildman–Crippen MR) is 116 cm³/mol. The van der Waals surface area contributed by atoms with Gasteiger partial charge in [-0.15, -0.1) is 0 Å². The first-order valence-corrected chi connectivity index (χ1v) is 10.4. The summed E-state index contributed by atoms with van der Waals surface area (Å²) in [6, 6.07) is 2.05. The maximum atomic E-state index is 14.7. The number of halogens is 1. The Bertz CT molecular complexity index is 1130. The number of rotatable bonds is 7. The lowest BCUT2D eigenvalue weighted by atomic mass is 9.90. The summed E-state index contributed by atoms with van der Waals surface area (Å²) >= 11 is 0. The zero-order valence-electron chi connectivity index (χ0n) is 17.9. The first kappa shape index (κ1) is 21.2. The summed E-state index contributed by atoms with van der Waals surface area (Å²) in [6.45, 7) is 4.75. The minimum Gasteiger partial charge on any atom is -0.387 e. The van der Waals surface area contributed by atoms with E-state index in [1.807, 2.05) is 13.0 Å². The van der Waals surface area contributed by atoms with Crippen molar-refractivity contribution in [1.82, 2.24) is 19.6 Å². The van der Waals surface area contributed by atoms with Crippen molar-refractivity contribution in [2.75, 3.05) is 5.32 Å². The number of hydrogen-bond donors (Lipinski definition) is 3. The second kappa shape index (κ2) is 7.88. The number of carbonyl (C=O) groups excluding carboxylic acids is 1. The SMILES string of the molecule is Cc1cnn2c(-c3ncc(CC(F)C(C)(C)O)c(NC4CCC4)c3C(N)=O)cnc2c1. The second-order valence-electron chi connectivity index (χ2n) is 8.79. The number of nitrogens with two attached hydrogens (primary N) is 1. The number of pyridine rings is 1. The van der Waals surface area contributed by atoms with Crippen molar-refractivity contribution in [2.45, 2.75) is 64.3 Å². The van der Waals surface area contributed by atoms with Gasteiger partial charge in [0.1, 0.15) is 17.6 Å². The summed E-state index contributed by atoms with van der Waals surface area (Å²) in [5.41, 5.74) is 7.85. The molecule has 9 heteroatoms. The normalized spacial score (nSPS) is 15.6. The van der Waals surface area contributed by atoms with Crippen LogP contribution in [0.5, 0.6) is 0 Å². The molecule has 4 N–H and O–H groups in total. The zero-order chi connectivity index (χ0) is 22.3. The maximum Gasteiger partial charge on any atom is 0.253 e. The van der Waals surface area contributed by atoms with E-state index in [9.17, 15) is 14.3 Å². The van der Waals surface area contributed by atoms with Gasteiger partial charge in [-0.1, -0.05) is 0 Å². The predicted octanol–water partition coefficient (Wildman–Crippen LogP) is 2.81. The van der Waals surface area contributed by atoms with Crippen LogP contribution in [0.3, 0.4) is 0 Å². The lowest BCUT2D eigenvalue weighted by Crippen LogP contribution is -2.35. The number of nitrogens with zero attached hydrogens (tertiary/aromatic N) is 4. The van der Waals surface area contributed by atoms with Crippen LogP contribution in [0.15, 0.2) is 24.7 Å². The standard InChI is InChI=1S/C22H27FN6O2/c1-12-7-17-25-11-15(29(17)27-9-12)20-18(21(24)30)19(28-14-5-4-6-14)13(10-26-20)8-16(23)22(2,3)31/h7,9-11,14,16,31H,4-6,8H2,1-3H3,(H2,24,30)(H,26,28). The van der Waals surface area contributed by atoms with Crippen molar-refractivity contribution >= 4 is 17.2 Å². The van der Waals surface area contributed by atoms with Crippen LogP contribution >= 0.6 is 0 Å². The highest BCUT2D eigenvalue weighted by molar-refractivity contribution is 6.04. The smallest absolute Gasteiger partial charge is 0.253 e. The molecule has 0 radical (unpaired) electrons. The number of aromatic nitrogens is 4. The Morgan fingerprint density at radius 3 is 2.71 bits per heavy atom. The molecular weight excluding hydrogens is 399 g/mol. The topological polar surface area (TPSA) is 118 Å². The van der Waals surface area contributed by atoms with E-state index in [2.05, 4.69) is 20.4 Å². The molecule has 0 aromatic carbocycles. The van der Waals surface area contributed by atoms with Crippen LogP contribution in [0.25, 0.3) is 17.0 Å². The van der Waals surface area contributed by atoms with Crippen LogP contribution in [0.4, 0.5) is 10.1 Å². The first-order chi connectivity index (χ1) is 14.6. The molecule has 0 bridgehead atoms. The van der Waals surface area contributed by atoms with Gasteiger partial charge < -0.3 is 16.2 Å². The Morgan fingerprint density at radius 1 is 1.35 bits per heavy atom. The number of aliphatic hydroxyl groups is 1. The molecule has 1 amide bonds. The Kier molecular flexibility index (Phi) is 5.38. The molecule has 3 aromatic rings. The number of carbonyl (C=O) groups is 1. The number of anilines is 1. The van der Waals surface area contributed by atoms with E-state index in [1.165, 1.54) is 20.0 Å². The third-order valence-electron chi connectivity index (χ3n) is 5.76. The Hall–Kier alpha value is -3.07. The molecule has 0 aliphatic heterocycles. The van der Waals surface area contributed by atoms with Crippen molar-refractivity contribution in [3.63, 3.8) is 0 Å². The van der Waals surface area contributed by atoms with E-state index < -0.39 is 17.7 Å². The van der Waals surface area contributed by atoms with E-state index in [1.54, 1.807) is 16.9 Å². The van der Waals surface area contributed by atoms with Crippen molar-refractivity contribution in [1.29, 1.82) is 0 Å². The summed E-state index contributed by atoms with van der Waals surface area (Å²) in [5, 5.41) is 17.8. The van der Waals surface area contributed by atoms with Crippen LogP contribution < -0.4 is 11.1 Å². The van der Waals surface area contributed by atoms with Crippen LogP contribution in [-0.4, -0.2) is 48.4 Å². The van der Waals surface area contributed by atoms with E-state index in [0.717, 1.165) is 24.8 Å². The number of imidazole rings is 1. The maximum absolute atomic E-state index is 14.7. The molecule has 8 nitrogen and oxygen atoms in total. The fraction of sp³-hybridized carbons (Fsp3) is 0.455. The Labute approximate surface area is 179 Å². The third kappa shape index (κ3) is 4.10. The van der Waals surface area contributed by atoms with Crippen molar-refractivity contribution in [3.05, 3.63) is 41.3 Å². The fourth-order valence-corrected chi connectivity index (χ4v) is 3.63. The largest absolute Gasteiger partial charge is 0.387 e. The summed E-state index contributed by atoms with van der Waals surface area (Å²) in [4.78, 5) is 21.4. The van der Waals surface area contributed by atoms with Crippen LogP contribution in [0.2, 0.25) is 0 Å². The molecule has 0 saturated heterocycles. The Morgan fingerprint density at radius 2 is 2.10 bits per heavy atom. The van der Waals surface area contributed by atoms with Gasteiger partial charge in [-0.25, -0.2) is 13.9 Å². The van der Waals surface area contributed by atoms with Crippen molar-refractivity contribution in [3.8, 4) is 11.4 Å². The van der Waals surface area contributed by atoms with Gasteiger partial charge in [0, 0.05) is 18.7 Å². The molecule has 3 aromatic heterocycles. The molecule has 1 aliphatic carbocycles. The summed E-state index contributed by atoms with van der Waals surface area (Å²) in [7, 11) is 0. The van der Waals surface area contributed by atoms with Gasteiger partial charge in [0.15, 0.2) is 5.65 Å². The zero-order valence-corrected chi connectivity index (χ0v) is 17.9. The summed E-state index contributed by atoms with van der Waals surface area (Å²) in [5.74, 6) is -0.674. The summed E-state index contributed by atoms with van der Waals surface area (Å²) < 4.78 is 16.3. The third-order valence-corrected chi connectivity index (χ3v) is 5.76. The minimum atomic E-state index is -1.54.